The molecule has 0 aliphatic carbocycles. The fraction of sp³-hybridized carbons (Fsp3) is 0.364. The summed E-state index contributed by atoms with van der Waals surface area (Å²) in [6, 6.07) is 1.59. The van der Waals surface area contributed by atoms with Gasteiger partial charge in [0.15, 0.2) is 5.03 Å². The Hall–Kier alpha value is -1.27. The van der Waals surface area contributed by atoms with Crippen LogP contribution in [0.2, 0.25) is 0 Å². The van der Waals surface area contributed by atoms with Crippen LogP contribution in [0, 0.1) is 6.92 Å². The monoisotopic (exact) mass is 287 g/mol. The molecule has 0 spiro atoms. The second kappa shape index (κ2) is 4.44. The van der Waals surface area contributed by atoms with Gasteiger partial charge in [-0.15, -0.1) is 0 Å². The molecule has 0 unspecified atom stereocenters. The van der Waals surface area contributed by atoms with Gasteiger partial charge in [-0.05, 0) is 24.1 Å². The summed E-state index contributed by atoms with van der Waals surface area (Å²) in [7, 11) is 5.19. The first-order chi connectivity index (χ1) is 8.29. The summed E-state index contributed by atoms with van der Waals surface area (Å²) < 4.78 is 25.9. The fourth-order valence-electron chi connectivity index (χ4n) is 1.89. The van der Waals surface area contributed by atoms with Gasteiger partial charge >= 0.3 is 0 Å². The molecular weight excluding hydrogens is 274 g/mol. The van der Waals surface area contributed by atoms with Crippen LogP contribution in [0.25, 0.3) is 0 Å². The van der Waals surface area contributed by atoms with Crippen LogP contribution in [0.4, 0.5) is 0 Å². The van der Waals surface area contributed by atoms with Crippen molar-refractivity contribution < 1.29 is 8.42 Å². The molecule has 0 fully saturated rings. The van der Waals surface area contributed by atoms with Crippen LogP contribution < -0.4 is 0 Å². The van der Waals surface area contributed by atoms with Gasteiger partial charge in [0.05, 0.1) is 6.20 Å². The molecule has 0 aromatic carbocycles. The van der Waals surface area contributed by atoms with E-state index in [1.54, 1.807) is 30.2 Å². The smallest absolute Gasteiger partial charge is 0.276 e. The standard InChI is InChI=1S/C11H14ClN3O2S/c1-8-10(6-13-15(8)3)4-9-5-11(14(2)7-9)18(12,16)17/h5-7H,4H2,1-3H3. The summed E-state index contributed by atoms with van der Waals surface area (Å²) in [5.41, 5.74) is 3.03. The molecule has 2 heterocycles. The molecule has 18 heavy (non-hydrogen) atoms. The van der Waals surface area contributed by atoms with Crippen LogP contribution >= 0.6 is 10.7 Å². The minimum Gasteiger partial charge on any atom is -0.341 e. The lowest BCUT2D eigenvalue weighted by molar-refractivity contribution is 0.600. The molecule has 0 amide bonds. The van der Waals surface area contributed by atoms with Gasteiger partial charge in [0, 0.05) is 43.1 Å². The van der Waals surface area contributed by atoms with E-state index in [1.165, 1.54) is 4.57 Å². The van der Waals surface area contributed by atoms with Crippen molar-refractivity contribution >= 4 is 19.7 Å². The molecular formula is C11H14ClN3O2S. The minimum absolute atomic E-state index is 0.112. The Balaban J connectivity index is 2.34. The highest BCUT2D eigenvalue weighted by Gasteiger charge is 2.16. The third-order valence-corrected chi connectivity index (χ3v) is 4.38. The average molecular weight is 288 g/mol. The summed E-state index contributed by atoms with van der Waals surface area (Å²) in [6.07, 6.45) is 4.19. The molecule has 0 atom stereocenters. The molecule has 2 aromatic rings. The number of hydrogen-bond donors (Lipinski definition) is 0. The van der Waals surface area contributed by atoms with Crippen molar-refractivity contribution in [3.63, 3.8) is 0 Å². The normalized spacial score (nSPS) is 12.0. The van der Waals surface area contributed by atoms with Gasteiger partial charge < -0.3 is 4.57 Å². The van der Waals surface area contributed by atoms with Gasteiger partial charge in [-0.2, -0.15) is 5.10 Å². The zero-order chi connectivity index (χ0) is 13.5. The van der Waals surface area contributed by atoms with Gasteiger partial charge in [0.25, 0.3) is 9.05 Å². The summed E-state index contributed by atoms with van der Waals surface area (Å²) in [5, 5.41) is 4.27. The molecule has 7 heteroatoms. The van der Waals surface area contributed by atoms with E-state index in [0.29, 0.717) is 6.42 Å². The van der Waals surface area contributed by atoms with Crippen molar-refractivity contribution in [2.45, 2.75) is 18.4 Å². The van der Waals surface area contributed by atoms with E-state index < -0.39 is 9.05 Å². The van der Waals surface area contributed by atoms with Crippen molar-refractivity contribution in [1.82, 2.24) is 14.3 Å². The van der Waals surface area contributed by atoms with Crippen molar-refractivity contribution in [2.24, 2.45) is 14.1 Å². The van der Waals surface area contributed by atoms with Crippen molar-refractivity contribution in [2.75, 3.05) is 0 Å². The Morgan fingerprint density at radius 3 is 2.50 bits per heavy atom. The van der Waals surface area contributed by atoms with E-state index in [0.717, 1.165) is 16.8 Å². The van der Waals surface area contributed by atoms with Gasteiger partial charge in [0.1, 0.15) is 0 Å². The number of aromatic nitrogens is 3. The summed E-state index contributed by atoms with van der Waals surface area (Å²) in [5.74, 6) is 0. The van der Waals surface area contributed by atoms with Crippen molar-refractivity contribution in [1.29, 1.82) is 0 Å². The van der Waals surface area contributed by atoms with Gasteiger partial charge in [-0.25, -0.2) is 8.42 Å². The zero-order valence-corrected chi connectivity index (χ0v) is 12.0. The van der Waals surface area contributed by atoms with Crippen LogP contribution in [-0.2, 0) is 29.6 Å². The summed E-state index contributed by atoms with van der Waals surface area (Å²) in [4.78, 5) is 0. The highest BCUT2D eigenvalue weighted by molar-refractivity contribution is 8.13. The van der Waals surface area contributed by atoms with Crippen LogP contribution in [-0.4, -0.2) is 22.8 Å². The third-order valence-electron chi connectivity index (χ3n) is 3.00. The molecule has 2 aromatic heterocycles. The Morgan fingerprint density at radius 1 is 1.39 bits per heavy atom. The largest absolute Gasteiger partial charge is 0.341 e. The van der Waals surface area contributed by atoms with Gasteiger partial charge in [-0.3, -0.25) is 4.68 Å². The van der Waals surface area contributed by atoms with Gasteiger partial charge in [0.2, 0.25) is 0 Å². The van der Waals surface area contributed by atoms with Crippen molar-refractivity contribution in [3.05, 3.63) is 35.3 Å². The molecule has 0 aliphatic rings. The van der Waals surface area contributed by atoms with E-state index in [9.17, 15) is 8.42 Å². The van der Waals surface area contributed by atoms with Crippen LogP contribution in [0.3, 0.4) is 0 Å². The van der Waals surface area contributed by atoms with E-state index in [2.05, 4.69) is 5.10 Å². The SMILES string of the molecule is Cc1c(Cc2cc(S(=O)(=O)Cl)n(C)c2)cnn1C. The highest BCUT2D eigenvalue weighted by Crippen LogP contribution is 2.20. The number of hydrogen-bond acceptors (Lipinski definition) is 3. The molecule has 0 N–H and O–H groups in total. The molecule has 0 radical (unpaired) electrons. The average Bonchev–Trinajstić information content (AvgIpc) is 2.76. The number of rotatable bonds is 3. The Kier molecular flexibility index (Phi) is 3.25. The Bertz CT molecular complexity index is 685. The number of aryl methyl sites for hydroxylation is 2. The number of nitrogens with zero attached hydrogens (tertiary/aromatic N) is 3. The number of halogens is 1. The molecule has 0 saturated carbocycles. The first kappa shape index (κ1) is 13.2. The topological polar surface area (TPSA) is 56.9 Å². The van der Waals surface area contributed by atoms with Crippen molar-refractivity contribution in [3.8, 4) is 0 Å². The lowest BCUT2D eigenvalue weighted by atomic mass is 10.1. The Labute approximate surface area is 110 Å². The quantitative estimate of drug-likeness (QED) is 0.806. The van der Waals surface area contributed by atoms with E-state index >= 15 is 0 Å². The minimum atomic E-state index is -3.70. The van der Waals surface area contributed by atoms with E-state index in [-0.39, 0.29) is 5.03 Å². The lowest BCUT2D eigenvalue weighted by Gasteiger charge is -1.98. The predicted octanol–water partition coefficient (Wildman–Crippen LogP) is 1.59. The predicted molar refractivity (Wildman–Crippen MR) is 69.2 cm³/mol. The third kappa shape index (κ3) is 2.44. The molecule has 0 saturated heterocycles. The maximum atomic E-state index is 11.3. The Morgan fingerprint density at radius 2 is 2.06 bits per heavy atom. The lowest BCUT2D eigenvalue weighted by Crippen LogP contribution is -1.97. The fourth-order valence-corrected chi connectivity index (χ4v) is 3.04. The molecule has 0 aliphatic heterocycles. The molecule has 5 nitrogen and oxygen atoms in total. The second-order valence-corrected chi connectivity index (χ2v) is 6.80. The first-order valence-electron chi connectivity index (χ1n) is 5.36. The highest BCUT2D eigenvalue weighted by atomic mass is 35.7. The van der Waals surface area contributed by atoms with Crippen LogP contribution in [0.5, 0.6) is 0 Å². The molecule has 2 rings (SSSR count). The summed E-state index contributed by atoms with van der Waals surface area (Å²) >= 11 is 0. The molecule has 98 valence electrons. The van der Waals surface area contributed by atoms with Crippen LogP contribution in [0.1, 0.15) is 16.8 Å². The maximum Gasteiger partial charge on any atom is 0.276 e. The second-order valence-electron chi connectivity index (χ2n) is 4.29. The molecule has 0 bridgehead atoms. The van der Waals surface area contributed by atoms with E-state index in [1.807, 2.05) is 14.0 Å². The van der Waals surface area contributed by atoms with Gasteiger partial charge in [-0.1, -0.05) is 0 Å². The first-order valence-corrected chi connectivity index (χ1v) is 7.67. The zero-order valence-electron chi connectivity index (χ0n) is 10.4. The van der Waals surface area contributed by atoms with Crippen LogP contribution in [0.15, 0.2) is 23.5 Å². The summed E-state index contributed by atoms with van der Waals surface area (Å²) in [6.45, 7) is 1.98. The van der Waals surface area contributed by atoms with E-state index in [4.69, 9.17) is 10.7 Å². The maximum absolute atomic E-state index is 11.3.